The second-order valence-corrected chi connectivity index (χ2v) is 12.4. The molecule has 0 aliphatic heterocycles. The van der Waals surface area contributed by atoms with Crippen LogP contribution in [0.2, 0.25) is 25.2 Å². The van der Waals surface area contributed by atoms with E-state index in [1.807, 2.05) is 0 Å². The Kier molecular flexibility index (Phi) is 3.76. The van der Waals surface area contributed by atoms with E-state index in [0.29, 0.717) is 17.2 Å². The lowest BCUT2D eigenvalue weighted by Crippen LogP contribution is -2.34. The van der Waals surface area contributed by atoms with Gasteiger partial charge in [0.05, 0.1) is 0 Å². The summed E-state index contributed by atoms with van der Waals surface area (Å²) in [4.78, 5) is 12.0. The molecule has 0 bridgehead atoms. The molecule has 1 aliphatic rings. The largest absolute Gasteiger partial charge is 0.300 e. The lowest BCUT2D eigenvalue weighted by molar-refractivity contribution is -0.120. The third-order valence-electron chi connectivity index (χ3n) is 4.29. The van der Waals surface area contributed by atoms with Crippen molar-refractivity contribution in [1.29, 1.82) is 0 Å². The Bertz CT molecular complexity index is 427. The van der Waals surface area contributed by atoms with Gasteiger partial charge in [0.25, 0.3) is 0 Å². The van der Waals surface area contributed by atoms with Crippen molar-refractivity contribution in [3.63, 3.8) is 0 Å². The van der Waals surface area contributed by atoms with Crippen molar-refractivity contribution in [1.82, 2.24) is 0 Å². The molecule has 1 fully saturated rings. The van der Waals surface area contributed by atoms with Crippen molar-refractivity contribution in [3.05, 3.63) is 35.4 Å². The summed E-state index contributed by atoms with van der Waals surface area (Å²) in [5.74, 6) is 0.933. The third-order valence-corrected chi connectivity index (χ3v) is 7.18. The molecule has 0 radical (unpaired) electrons. The van der Waals surface area contributed by atoms with Gasteiger partial charge in [-0.1, -0.05) is 49.5 Å². The van der Waals surface area contributed by atoms with Crippen molar-refractivity contribution < 1.29 is 4.79 Å². The fraction of sp³-hybridized carbons (Fsp3) is 0.562. The molecule has 0 saturated heterocycles. The van der Waals surface area contributed by atoms with Crippen LogP contribution in [0.25, 0.3) is 0 Å². The number of aryl methyl sites for hydroxylation is 1. The maximum absolute atomic E-state index is 12.0. The Hall–Kier alpha value is -0.893. The summed E-state index contributed by atoms with van der Waals surface area (Å²) in [6.07, 6.45) is 2.80. The lowest BCUT2D eigenvalue weighted by atomic mass is 9.83. The number of Topliss-reactive ketones (excluding diaryl/α,β-unsaturated/α-hetero) is 1. The van der Waals surface area contributed by atoms with Crippen LogP contribution < -0.4 is 0 Å². The molecule has 18 heavy (non-hydrogen) atoms. The average Bonchev–Trinajstić information content (AvgIpc) is 2.28. The van der Waals surface area contributed by atoms with Gasteiger partial charge >= 0.3 is 0 Å². The summed E-state index contributed by atoms with van der Waals surface area (Å²) >= 11 is 0. The molecular formula is C16H24OSi. The van der Waals surface area contributed by atoms with Crippen LogP contribution in [0.15, 0.2) is 24.3 Å². The van der Waals surface area contributed by atoms with Gasteiger partial charge in [0.15, 0.2) is 0 Å². The normalized spacial score (nSPS) is 25.2. The summed E-state index contributed by atoms with van der Waals surface area (Å²) in [5.41, 5.74) is 3.31. The van der Waals surface area contributed by atoms with Gasteiger partial charge in [-0.25, -0.2) is 0 Å². The van der Waals surface area contributed by atoms with E-state index in [4.69, 9.17) is 0 Å². The molecule has 0 amide bonds. The summed E-state index contributed by atoms with van der Waals surface area (Å²) in [6, 6.07) is 8.75. The minimum absolute atomic E-state index is 0.462. The van der Waals surface area contributed by atoms with Gasteiger partial charge in [-0.15, -0.1) is 0 Å². The Balaban J connectivity index is 2.18. The zero-order chi connectivity index (χ0) is 13.3. The molecule has 0 unspecified atom stereocenters. The van der Waals surface area contributed by atoms with Crippen LogP contribution >= 0.6 is 0 Å². The summed E-state index contributed by atoms with van der Waals surface area (Å²) in [7, 11) is -1.20. The highest BCUT2D eigenvalue weighted by Crippen LogP contribution is 2.42. The molecule has 1 aromatic rings. The topological polar surface area (TPSA) is 17.1 Å². The standard InChI is InChI=1S/C16H24OSi/c1-12-5-7-13(8-6-12)14-9-15(17)11-16(10-14)18(2,3)4/h5-8,14,16H,9-11H2,1-4H3/t14-,16+/m1/s1. The second-order valence-electron chi connectivity index (χ2n) is 6.85. The predicted molar refractivity (Wildman–Crippen MR) is 79.9 cm³/mol. The van der Waals surface area contributed by atoms with Crippen LogP contribution in [-0.4, -0.2) is 13.9 Å². The molecule has 1 aliphatic carbocycles. The molecule has 1 aromatic carbocycles. The fourth-order valence-corrected chi connectivity index (χ4v) is 4.73. The first kappa shape index (κ1) is 13.5. The highest BCUT2D eigenvalue weighted by atomic mass is 28.3. The van der Waals surface area contributed by atoms with Gasteiger partial charge in [-0.05, 0) is 30.4 Å². The highest BCUT2D eigenvalue weighted by molar-refractivity contribution is 6.77. The zero-order valence-corrected chi connectivity index (χ0v) is 13.0. The SMILES string of the molecule is Cc1ccc([C@@H]2CC(=O)C[C@@H]([Si](C)(C)C)C2)cc1. The molecule has 0 aromatic heterocycles. The Morgan fingerprint density at radius 2 is 1.67 bits per heavy atom. The number of hydrogen-bond acceptors (Lipinski definition) is 1. The van der Waals surface area contributed by atoms with Crippen molar-refractivity contribution in [2.24, 2.45) is 0 Å². The van der Waals surface area contributed by atoms with E-state index in [-0.39, 0.29) is 0 Å². The molecule has 0 spiro atoms. The Labute approximate surface area is 112 Å². The van der Waals surface area contributed by atoms with E-state index in [1.54, 1.807) is 0 Å². The molecule has 1 nitrogen and oxygen atoms in total. The quantitative estimate of drug-likeness (QED) is 0.713. The first-order valence-corrected chi connectivity index (χ1v) is 10.5. The van der Waals surface area contributed by atoms with Gasteiger partial charge in [0.2, 0.25) is 0 Å². The third kappa shape index (κ3) is 3.11. The molecule has 1 saturated carbocycles. The van der Waals surface area contributed by atoms with Gasteiger partial charge in [0, 0.05) is 20.9 Å². The van der Waals surface area contributed by atoms with E-state index in [2.05, 4.69) is 50.8 Å². The molecule has 98 valence electrons. The van der Waals surface area contributed by atoms with Crippen molar-refractivity contribution in [2.75, 3.05) is 0 Å². The summed E-state index contributed by atoms with van der Waals surface area (Å²) in [6.45, 7) is 9.29. The highest BCUT2D eigenvalue weighted by Gasteiger charge is 2.35. The van der Waals surface area contributed by atoms with Crippen molar-refractivity contribution in [3.8, 4) is 0 Å². The number of benzene rings is 1. The molecule has 0 heterocycles. The van der Waals surface area contributed by atoms with Crippen LogP contribution in [0.5, 0.6) is 0 Å². The first-order valence-electron chi connectivity index (χ1n) is 6.94. The van der Waals surface area contributed by atoms with Gasteiger partial charge in [-0.3, -0.25) is 4.79 Å². The predicted octanol–water partition coefficient (Wildman–Crippen LogP) is 4.54. The maximum atomic E-state index is 12.0. The van der Waals surface area contributed by atoms with E-state index in [0.717, 1.165) is 12.8 Å². The second kappa shape index (κ2) is 5.00. The monoisotopic (exact) mass is 260 g/mol. The molecular weight excluding hydrogens is 236 g/mol. The zero-order valence-electron chi connectivity index (χ0n) is 12.0. The van der Waals surface area contributed by atoms with Crippen LogP contribution in [0.3, 0.4) is 0 Å². The van der Waals surface area contributed by atoms with Gasteiger partial charge < -0.3 is 0 Å². The number of carbonyl (C=O) groups excluding carboxylic acids is 1. The fourth-order valence-electron chi connectivity index (χ4n) is 2.90. The van der Waals surface area contributed by atoms with E-state index < -0.39 is 8.07 Å². The molecule has 2 heteroatoms. The number of rotatable bonds is 2. The molecule has 2 atom stereocenters. The maximum Gasteiger partial charge on any atom is 0.133 e. The van der Waals surface area contributed by atoms with E-state index >= 15 is 0 Å². The first-order chi connectivity index (χ1) is 8.36. The number of ketones is 1. The number of carbonyl (C=O) groups is 1. The Morgan fingerprint density at radius 1 is 1.06 bits per heavy atom. The Morgan fingerprint density at radius 3 is 2.22 bits per heavy atom. The van der Waals surface area contributed by atoms with Crippen molar-refractivity contribution >= 4 is 13.9 Å². The van der Waals surface area contributed by atoms with Crippen LogP contribution in [-0.2, 0) is 4.79 Å². The van der Waals surface area contributed by atoms with Crippen LogP contribution in [0.1, 0.15) is 36.3 Å². The summed E-state index contributed by atoms with van der Waals surface area (Å²) in [5, 5.41) is 0. The lowest BCUT2D eigenvalue weighted by Gasteiger charge is -2.36. The van der Waals surface area contributed by atoms with Crippen LogP contribution in [0, 0.1) is 6.92 Å². The molecule has 2 rings (SSSR count). The van der Waals surface area contributed by atoms with Crippen LogP contribution in [0.4, 0.5) is 0 Å². The average molecular weight is 260 g/mol. The smallest absolute Gasteiger partial charge is 0.133 e. The number of hydrogen-bond donors (Lipinski definition) is 0. The van der Waals surface area contributed by atoms with E-state index in [1.165, 1.54) is 17.5 Å². The van der Waals surface area contributed by atoms with Gasteiger partial charge in [0.1, 0.15) is 5.78 Å². The van der Waals surface area contributed by atoms with Gasteiger partial charge in [-0.2, -0.15) is 0 Å². The minimum atomic E-state index is -1.20. The summed E-state index contributed by atoms with van der Waals surface area (Å²) < 4.78 is 0. The van der Waals surface area contributed by atoms with Crippen molar-refractivity contribution in [2.45, 2.75) is 57.3 Å². The van der Waals surface area contributed by atoms with E-state index in [9.17, 15) is 4.79 Å². The molecule has 0 N–H and O–H groups in total. The minimum Gasteiger partial charge on any atom is -0.300 e.